The van der Waals surface area contributed by atoms with Gasteiger partial charge in [0.15, 0.2) is 11.5 Å². The third-order valence-electron chi connectivity index (χ3n) is 3.46. The zero-order valence-electron chi connectivity index (χ0n) is 14.4. The summed E-state index contributed by atoms with van der Waals surface area (Å²) in [6.45, 7) is 6.93. The monoisotopic (exact) mass is 331 g/mol. The number of ether oxygens (including phenoxy) is 3. The number of benzene rings is 1. The fourth-order valence-electron chi connectivity index (χ4n) is 2.39. The Hall–Kier alpha value is -2.76. The highest BCUT2D eigenvalue weighted by atomic mass is 16.6. The van der Waals surface area contributed by atoms with E-state index >= 15 is 0 Å². The molecule has 0 amide bonds. The lowest BCUT2D eigenvalue weighted by Crippen LogP contribution is -2.14. The number of hydrogen-bond donors (Lipinski definition) is 1. The molecule has 0 saturated heterocycles. The highest BCUT2D eigenvalue weighted by Crippen LogP contribution is 2.28. The average molecular weight is 331 g/mol. The van der Waals surface area contributed by atoms with Crippen molar-refractivity contribution in [2.45, 2.75) is 33.8 Å². The average Bonchev–Trinajstić information content (AvgIpc) is 2.82. The van der Waals surface area contributed by atoms with Crippen LogP contribution in [0.4, 0.5) is 0 Å². The molecular weight excluding hydrogens is 310 g/mol. The highest BCUT2D eigenvalue weighted by molar-refractivity contribution is 5.99. The Morgan fingerprint density at radius 1 is 1.04 bits per heavy atom. The number of rotatable bonds is 5. The third-order valence-corrected chi connectivity index (χ3v) is 3.46. The van der Waals surface area contributed by atoms with Crippen LogP contribution in [0.15, 0.2) is 24.3 Å². The van der Waals surface area contributed by atoms with Crippen LogP contribution >= 0.6 is 0 Å². The van der Waals surface area contributed by atoms with Gasteiger partial charge in [-0.1, -0.05) is 12.1 Å². The van der Waals surface area contributed by atoms with E-state index in [1.165, 1.54) is 7.11 Å². The maximum atomic E-state index is 12.5. The van der Waals surface area contributed by atoms with E-state index in [0.717, 1.165) is 0 Å². The Labute approximate surface area is 140 Å². The zero-order chi connectivity index (χ0) is 17.9. The van der Waals surface area contributed by atoms with Crippen molar-refractivity contribution in [2.24, 2.45) is 0 Å². The fourth-order valence-corrected chi connectivity index (χ4v) is 2.39. The van der Waals surface area contributed by atoms with Gasteiger partial charge in [-0.05, 0) is 45.4 Å². The zero-order valence-corrected chi connectivity index (χ0v) is 14.4. The summed E-state index contributed by atoms with van der Waals surface area (Å²) in [5, 5.41) is 0. The smallest absolute Gasteiger partial charge is 0.360 e. The lowest BCUT2D eigenvalue weighted by Gasteiger charge is -2.09. The summed E-state index contributed by atoms with van der Waals surface area (Å²) >= 11 is 0. The molecule has 2 rings (SSSR count). The summed E-state index contributed by atoms with van der Waals surface area (Å²) < 4.78 is 15.8. The molecule has 128 valence electrons. The topological polar surface area (TPSA) is 77.6 Å². The summed E-state index contributed by atoms with van der Waals surface area (Å²) in [4.78, 5) is 27.5. The quantitative estimate of drug-likeness (QED) is 0.671. The van der Waals surface area contributed by atoms with Crippen molar-refractivity contribution in [3.05, 3.63) is 46.8 Å². The number of hydrogen-bond acceptors (Lipinski definition) is 5. The van der Waals surface area contributed by atoms with Gasteiger partial charge in [0.25, 0.3) is 0 Å². The summed E-state index contributed by atoms with van der Waals surface area (Å²) in [5.74, 6) is -0.300. The number of para-hydroxylation sites is 2. The van der Waals surface area contributed by atoms with E-state index in [1.54, 1.807) is 52.0 Å². The minimum absolute atomic E-state index is 0.217. The van der Waals surface area contributed by atoms with Gasteiger partial charge in [0.2, 0.25) is 0 Å². The maximum absolute atomic E-state index is 12.5. The Morgan fingerprint density at radius 3 is 2.25 bits per heavy atom. The molecule has 1 aromatic carbocycles. The molecule has 0 aliphatic heterocycles. The predicted molar refractivity (Wildman–Crippen MR) is 88.8 cm³/mol. The molecule has 6 nitrogen and oxygen atoms in total. The van der Waals surface area contributed by atoms with Gasteiger partial charge in [0.1, 0.15) is 5.69 Å². The van der Waals surface area contributed by atoms with Gasteiger partial charge in [0.05, 0.1) is 18.8 Å². The van der Waals surface area contributed by atoms with E-state index in [4.69, 9.17) is 14.2 Å². The Bertz CT molecular complexity index is 761. The normalized spacial score (nSPS) is 10.6. The van der Waals surface area contributed by atoms with E-state index in [-0.39, 0.29) is 11.8 Å². The Morgan fingerprint density at radius 2 is 1.67 bits per heavy atom. The first-order valence-corrected chi connectivity index (χ1v) is 7.60. The van der Waals surface area contributed by atoms with Crippen LogP contribution in [0.2, 0.25) is 0 Å². The number of methoxy groups -OCH3 is 1. The molecule has 1 N–H and O–H groups in total. The molecule has 1 heterocycles. The van der Waals surface area contributed by atoms with Crippen molar-refractivity contribution in [3.8, 4) is 11.5 Å². The number of aromatic amines is 1. The molecule has 0 saturated carbocycles. The van der Waals surface area contributed by atoms with E-state index in [0.29, 0.717) is 28.3 Å². The van der Waals surface area contributed by atoms with E-state index in [9.17, 15) is 9.59 Å². The minimum atomic E-state index is -0.594. The largest absolute Gasteiger partial charge is 0.493 e. The number of aromatic nitrogens is 1. The minimum Gasteiger partial charge on any atom is -0.493 e. The molecule has 0 unspecified atom stereocenters. The van der Waals surface area contributed by atoms with Crippen LogP contribution in [-0.4, -0.2) is 30.1 Å². The first-order valence-electron chi connectivity index (χ1n) is 7.60. The molecule has 0 aliphatic rings. The van der Waals surface area contributed by atoms with E-state index in [1.807, 2.05) is 0 Å². The molecule has 0 spiro atoms. The van der Waals surface area contributed by atoms with Gasteiger partial charge >= 0.3 is 11.9 Å². The number of carbonyl (C=O) groups excluding carboxylic acids is 2. The van der Waals surface area contributed by atoms with Crippen molar-refractivity contribution >= 4 is 11.9 Å². The summed E-state index contributed by atoms with van der Waals surface area (Å²) in [5.41, 5.74) is 1.63. The van der Waals surface area contributed by atoms with Gasteiger partial charge in [-0.25, -0.2) is 9.59 Å². The molecular formula is C18H21NO5. The van der Waals surface area contributed by atoms with Crippen LogP contribution in [0, 0.1) is 13.8 Å². The number of esters is 2. The van der Waals surface area contributed by atoms with E-state index < -0.39 is 11.9 Å². The van der Waals surface area contributed by atoms with Gasteiger partial charge in [-0.3, -0.25) is 0 Å². The van der Waals surface area contributed by atoms with Crippen molar-refractivity contribution in [1.82, 2.24) is 4.98 Å². The molecule has 0 fully saturated rings. The second kappa shape index (κ2) is 7.21. The third kappa shape index (κ3) is 3.59. The fraction of sp³-hybridized carbons (Fsp3) is 0.333. The standard InChI is InChI=1S/C18H21NO5/c1-10(2)23-17(20)15-11(3)16(19-12(15)4)18(21)24-14-9-7-6-8-13(14)22-5/h6-10,19H,1-5H3. The second-order valence-electron chi connectivity index (χ2n) is 5.62. The molecule has 24 heavy (non-hydrogen) atoms. The van der Waals surface area contributed by atoms with Gasteiger partial charge in [-0.2, -0.15) is 0 Å². The summed E-state index contributed by atoms with van der Waals surface area (Å²) in [6, 6.07) is 6.85. The van der Waals surface area contributed by atoms with Crippen LogP contribution in [0.5, 0.6) is 11.5 Å². The van der Waals surface area contributed by atoms with E-state index in [2.05, 4.69) is 4.98 Å². The molecule has 6 heteroatoms. The summed E-state index contributed by atoms with van der Waals surface area (Å²) in [7, 11) is 1.50. The van der Waals surface area contributed by atoms with Crippen molar-refractivity contribution < 1.29 is 23.8 Å². The lowest BCUT2D eigenvalue weighted by atomic mass is 10.1. The van der Waals surface area contributed by atoms with Gasteiger partial charge in [-0.15, -0.1) is 0 Å². The number of H-pyrrole nitrogens is 1. The van der Waals surface area contributed by atoms with Crippen molar-refractivity contribution in [1.29, 1.82) is 0 Å². The number of nitrogens with one attached hydrogen (secondary N) is 1. The molecule has 0 aliphatic carbocycles. The second-order valence-corrected chi connectivity index (χ2v) is 5.62. The van der Waals surface area contributed by atoms with Gasteiger partial charge < -0.3 is 19.2 Å². The van der Waals surface area contributed by atoms with Crippen molar-refractivity contribution in [2.75, 3.05) is 7.11 Å². The first kappa shape index (κ1) is 17.6. The van der Waals surface area contributed by atoms with Crippen LogP contribution in [0.1, 0.15) is 46.0 Å². The summed E-state index contributed by atoms with van der Waals surface area (Å²) in [6.07, 6.45) is -0.241. The number of aryl methyl sites for hydroxylation is 1. The first-order chi connectivity index (χ1) is 11.3. The van der Waals surface area contributed by atoms with Crippen LogP contribution < -0.4 is 9.47 Å². The number of carbonyl (C=O) groups is 2. The maximum Gasteiger partial charge on any atom is 0.360 e. The van der Waals surface area contributed by atoms with Gasteiger partial charge in [0, 0.05) is 5.69 Å². The van der Waals surface area contributed by atoms with Crippen LogP contribution in [0.3, 0.4) is 0 Å². The predicted octanol–water partition coefficient (Wildman–Crippen LogP) is 3.42. The van der Waals surface area contributed by atoms with Crippen molar-refractivity contribution in [3.63, 3.8) is 0 Å². The Kier molecular flexibility index (Phi) is 5.28. The highest BCUT2D eigenvalue weighted by Gasteiger charge is 2.25. The molecule has 0 radical (unpaired) electrons. The van der Waals surface area contributed by atoms with Crippen LogP contribution in [-0.2, 0) is 4.74 Å². The Balaban J connectivity index is 2.29. The molecule has 0 atom stereocenters. The molecule has 1 aromatic heterocycles. The molecule has 0 bridgehead atoms. The molecule has 2 aromatic rings. The SMILES string of the molecule is COc1ccccc1OC(=O)c1[nH]c(C)c(C(=O)OC(C)C)c1C. The lowest BCUT2D eigenvalue weighted by molar-refractivity contribution is 0.0376. The van der Waals surface area contributed by atoms with Crippen LogP contribution in [0.25, 0.3) is 0 Å².